The second-order valence-electron chi connectivity index (χ2n) is 6.60. The number of benzene rings is 1. The lowest BCUT2D eigenvalue weighted by atomic mass is 10.2. The summed E-state index contributed by atoms with van der Waals surface area (Å²) in [5.74, 6) is -0.172. The highest BCUT2D eigenvalue weighted by molar-refractivity contribution is 5.78. The minimum absolute atomic E-state index is 0.130. The quantitative estimate of drug-likeness (QED) is 0.730. The molecule has 0 saturated carbocycles. The first-order valence-electron chi connectivity index (χ1n) is 8.95. The van der Waals surface area contributed by atoms with Gasteiger partial charge < -0.3 is 15.0 Å². The minimum Gasteiger partial charge on any atom is -0.417 e. The van der Waals surface area contributed by atoms with Crippen molar-refractivity contribution in [1.82, 2.24) is 25.0 Å². The number of fused-ring (bicyclic) bond motifs is 1. The fraction of sp³-hybridized carbons (Fsp3) is 0.316. The number of alkyl halides is 2. The summed E-state index contributed by atoms with van der Waals surface area (Å²) in [5, 5.41) is 8.47. The summed E-state index contributed by atoms with van der Waals surface area (Å²) in [6.07, 6.45) is 4.19. The topological polar surface area (TPSA) is 72.3 Å². The lowest BCUT2D eigenvalue weighted by molar-refractivity contribution is -0.0529. The van der Waals surface area contributed by atoms with Crippen molar-refractivity contribution in [2.45, 2.75) is 25.6 Å². The number of carbonyl (C=O) groups excluding carboxylic acids is 1. The van der Waals surface area contributed by atoms with E-state index < -0.39 is 6.61 Å². The number of nitrogens with one attached hydrogen (secondary N) is 1. The Labute approximate surface area is 159 Å². The Balaban J connectivity index is 1.33. The van der Waals surface area contributed by atoms with Gasteiger partial charge in [-0.1, -0.05) is 18.2 Å². The number of carbonyl (C=O) groups is 1. The van der Waals surface area contributed by atoms with Gasteiger partial charge in [-0.2, -0.15) is 13.9 Å². The maximum atomic E-state index is 12.4. The monoisotopic (exact) mass is 387 g/mol. The smallest absolute Gasteiger partial charge is 0.388 e. The van der Waals surface area contributed by atoms with Gasteiger partial charge in [0.05, 0.1) is 11.6 Å². The van der Waals surface area contributed by atoms with Gasteiger partial charge in [-0.05, 0) is 24.1 Å². The molecule has 2 aromatic heterocycles. The zero-order chi connectivity index (χ0) is 19.5. The summed E-state index contributed by atoms with van der Waals surface area (Å²) >= 11 is 0. The lowest BCUT2D eigenvalue weighted by Gasteiger charge is -2.17. The molecule has 1 atom stereocenters. The molecule has 0 aliphatic carbocycles. The summed E-state index contributed by atoms with van der Waals surface area (Å²) in [7, 11) is 0. The average molecular weight is 387 g/mol. The van der Waals surface area contributed by atoms with E-state index in [9.17, 15) is 13.6 Å². The van der Waals surface area contributed by atoms with Crippen LogP contribution in [-0.2, 0) is 6.54 Å². The molecule has 0 spiro atoms. The van der Waals surface area contributed by atoms with Crippen molar-refractivity contribution in [3.05, 3.63) is 54.4 Å². The third-order valence-electron chi connectivity index (χ3n) is 4.71. The van der Waals surface area contributed by atoms with E-state index in [4.69, 9.17) is 0 Å². The van der Waals surface area contributed by atoms with Crippen LogP contribution in [0.4, 0.5) is 13.6 Å². The van der Waals surface area contributed by atoms with Crippen LogP contribution >= 0.6 is 0 Å². The highest BCUT2D eigenvalue weighted by Crippen LogP contribution is 2.23. The van der Waals surface area contributed by atoms with Gasteiger partial charge in [0.25, 0.3) is 0 Å². The fourth-order valence-electron chi connectivity index (χ4n) is 3.32. The van der Waals surface area contributed by atoms with Crippen molar-refractivity contribution in [3.8, 4) is 5.88 Å². The summed E-state index contributed by atoms with van der Waals surface area (Å²) in [6.45, 7) is -1.54. The summed E-state index contributed by atoms with van der Waals surface area (Å²) in [6, 6.07) is 10.8. The Kier molecular flexibility index (Phi) is 5.05. The number of halogens is 2. The molecule has 0 bridgehead atoms. The number of pyridine rings is 1. The average Bonchev–Trinajstić information content (AvgIpc) is 3.32. The van der Waals surface area contributed by atoms with Crippen LogP contribution in [0.15, 0.2) is 48.8 Å². The first-order chi connectivity index (χ1) is 13.6. The number of aromatic nitrogens is 3. The van der Waals surface area contributed by atoms with E-state index in [0.717, 1.165) is 17.3 Å². The third-order valence-corrected chi connectivity index (χ3v) is 4.71. The molecule has 2 amide bonds. The van der Waals surface area contributed by atoms with Gasteiger partial charge in [-0.15, -0.1) is 0 Å². The molecule has 9 heteroatoms. The molecule has 3 heterocycles. The Morgan fingerprint density at radius 1 is 1.32 bits per heavy atom. The van der Waals surface area contributed by atoms with Gasteiger partial charge in [0.15, 0.2) is 0 Å². The zero-order valence-electron chi connectivity index (χ0n) is 15.0. The minimum atomic E-state index is -2.93. The van der Waals surface area contributed by atoms with E-state index in [0.29, 0.717) is 18.7 Å². The van der Waals surface area contributed by atoms with E-state index in [-0.39, 0.29) is 24.5 Å². The largest absolute Gasteiger partial charge is 0.417 e. The molecule has 4 rings (SSSR count). The molecular formula is C19H19F2N5O2. The number of nitrogens with zero attached hydrogens (tertiary/aromatic N) is 4. The predicted molar refractivity (Wildman–Crippen MR) is 98.1 cm³/mol. The van der Waals surface area contributed by atoms with Gasteiger partial charge in [0.2, 0.25) is 5.88 Å². The molecule has 1 aliphatic heterocycles. The fourth-order valence-corrected chi connectivity index (χ4v) is 3.32. The van der Waals surface area contributed by atoms with E-state index in [2.05, 4.69) is 20.1 Å². The lowest BCUT2D eigenvalue weighted by Crippen LogP contribution is -2.38. The summed E-state index contributed by atoms with van der Waals surface area (Å²) < 4.78 is 30.7. The number of ether oxygens (including phenoxy) is 1. The first-order valence-corrected chi connectivity index (χ1v) is 8.95. The maximum absolute atomic E-state index is 12.4. The van der Waals surface area contributed by atoms with E-state index in [1.165, 1.54) is 12.3 Å². The molecule has 1 aliphatic rings. The molecule has 3 aromatic rings. The number of hydrogen-bond acceptors (Lipinski definition) is 4. The molecule has 1 N–H and O–H groups in total. The number of amides is 2. The van der Waals surface area contributed by atoms with Crippen molar-refractivity contribution in [3.63, 3.8) is 0 Å². The van der Waals surface area contributed by atoms with Crippen LogP contribution in [0.1, 0.15) is 18.0 Å². The molecule has 7 nitrogen and oxygen atoms in total. The van der Waals surface area contributed by atoms with Crippen LogP contribution in [0.2, 0.25) is 0 Å². The first kappa shape index (κ1) is 18.1. The number of rotatable bonds is 5. The van der Waals surface area contributed by atoms with Crippen LogP contribution in [0.5, 0.6) is 5.88 Å². The van der Waals surface area contributed by atoms with Crippen molar-refractivity contribution < 1.29 is 18.3 Å². The van der Waals surface area contributed by atoms with E-state index in [1.807, 2.05) is 35.1 Å². The van der Waals surface area contributed by atoms with Crippen LogP contribution in [-0.4, -0.2) is 45.4 Å². The van der Waals surface area contributed by atoms with Gasteiger partial charge >= 0.3 is 12.6 Å². The van der Waals surface area contributed by atoms with Crippen molar-refractivity contribution in [2.24, 2.45) is 0 Å². The van der Waals surface area contributed by atoms with Gasteiger partial charge in [0, 0.05) is 43.5 Å². The molecular weight excluding hydrogens is 368 g/mol. The maximum Gasteiger partial charge on any atom is 0.388 e. The standard InChI is InChI=1S/C19H19F2N5O2/c20-18(21)28-17-9-13(5-7-22-17)10-23-19(27)25-8-6-15(12-25)26-11-14-3-1-2-4-16(14)24-26/h1-5,7,9,11,15,18H,6,8,10,12H2,(H,23,27). The van der Waals surface area contributed by atoms with Gasteiger partial charge in [-0.25, -0.2) is 9.78 Å². The van der Waals surface area contributed by atoms with Crippen molar-refractivity contribution in [2.75, 3.05) is 13.1 Å². The van der Waals surface area contributed by atoms with Crippen molar-refractivity contribution >= 4 is 16.9 Å². The number of hydrogen-bond donors (Lipinski definition) is 1. The third kappa shape index (κ3) is 4.03. The van der Waals surface area contributed by atoms with Crippen LogP contribution in [0.3, 0.4) is 0 Å². The zero-order valence-corrected chi connectivity index (χ0v) is 15.0. The molecule has 1 unspecified atom stereocenters. The molecule has 0 radical (unpaired) electrons. The Hall–Kier alpha value is -3.23. The van der Waals surface area contributed by atoms with E-state index >= 15 is 0 Å². The molecule has 146 valence electrons. The molecule has 28 heavy (non-hydrogen) atoms. The summed E-state index contributed by atoms with van der Waals surface area (Å²) in [5.41, 5.74) is 1.57. The number of likely N-dealkylation sites (tertiary alicyclic amines) is 1. The second-order valence-corrected chi connectivity index (χ2v) is 6.60. The Morgan fingerprint density at radius 3 is 3.00 bits per heavy atom. The predicted octanol–water partition coefficient (Wildman–Crippen LogP) is 3.19. The van der Waals surface area contributed by atoms with Crippen LogP contribution < -0.4 is 10.1 Å². The molecule has 1 saturated heterocycles. The van der Waals surface area contributed by atoms with Gasteiger partial charge in [0.1, 0.15) is 0 Å². The van der Waals surface area contributed by atoms with Crippen LogP contribution in [0.25, 0.3) is 10.9 Å². The molecule has 1 aromatic carbocycles. The van der Waals surface area contributed by atoms with Crippen molar-refractivity contribution in [1.29, 1.82) is 0 Å². The molecule has 1 fully saturated rings. The second kappa shape index (κ2) is 7.79. The van der Waals surface area contributed by atoms with Gasteiger partial charge in [-0.3, -0.25) is 4.68 Å². The number of urea groups is 1. The highest BCUT2D eigenvalue weighted by atomic mass is 19.3. The van der Waals surface area contributed by atoms with E-state index in [1.54, 1.807) is 11.0 Å². The normalized spacial score (nSPS) is 16.7. The SMILES string of the molecule is O=C(NCc1ccnc(OC(F)F)c1)N1CCC(n2cc3ccccc3n2)C1. The Bertz CT molecular complexity index is 945. The summed E-state index contributed by atoms with van der Waals surface area (Å²) in [4.78, 5) is 17.9. The Morgan fingerprint density at radius 2 is 2.18 bits per heavy atom. The van der Waals surface area contributed by atoms with Crippen LogP contribution in [0, 0.1) is 0 Å². The highest BCUT2D eigenvalue weighted by Gasteiger charge is 2.28.